The number of hydrogen-bond acceptors (Lipinski definition) is 4. The smallest absolute Gasteiger partial charge is 0.337 e. The minimum atomic E-state index is -0.437. The number of benzene rings is 2. The number of carbonyl (C=O) groups is 2. The molecule has 2 aromatic rings. The molecule has 114 valence electrons. The number of rotatable bonds is 5. The SMILES string of the molecule is COC(=O)c1cccc(NC(=O)CCc2ccccc2N)c1. The Balaban J connectivity index is 1.95. The van der Waals surface area contributed by atoms with Crippen LogP contribution in [-0.4, -0.2) is 19.0 Å². The van der Waals surface area contributed by atoms with Crippen LogP contribution in [0.25, 0.3) is 0 Å². The summed E-state index contributed by atoms with van der Waals surface area (Å²) in [5.74, 6) is -0.571. The monoisotopic (exact) mass is 298 g/mol. The Morgan fingerprint density at radius 3 is 2.64 bits per heavy atom. The fourth-order valence-electron chi connectivity index (χ4n) is 2.08. The van der Waals surface area contributed by atoms with Crippen LogP contribution < -0.4 is 11.1 Å². The van der Waals surface area contributed by atoms with Crippen LogP contribution in [0.4, 0.5) is 11.4 Å². The van der Waals surface area contributed by atoms with E-state index >= 15 is 0 Å². The van der Waals surface area contributed by atoms with Crippen molar-refractivity contribution in [2.75, 3.05) is 18.2 Å². The first-order valence-corrected chi connectivity index (χ1v) is 6.92. The molecule has 0 atom stereocenters. The average molecular weight is 298 g/mol. The lowest BCUT2D eigenvalue weighted by Gasteiger charge is -2.08. The van der Waals surface area contributed by atoms with Gasteiger partial charge in [0.15, 0.2) is 0 Å². The van der Waals surface area contributed by atoms with Gasteiger partial charge in [-0.1, -0.05) is 24.3 Å². The maximum atomic E-state index is 12.0. The van der Waals surface area contributed by atoms with Gasteiger partial charge in [-0.15, -0.1) is 0 Å². The molecule has 0 bridgehead atoms. The summed E-state index contributed by atoms with van der Waals surface area (Å²) >= 11 is 0. The van der Waals surface area contributed by atoms with Crippen LogP contribution in [0.3, 0.4) is 0 Å². The van der Waals surface area contributed by atoms with Crippen LogP contribution in [-0.2, 0) is 16.0 Å². The van der Waals surface area contributed by atoms with Crippen molar-refractivity contribution in [1.29, 1.82) is 0 Å². The van der Waals surface area contributed by atoms with Gasteiger partial charge in [0.2, 0.25) is 5.91 Å². The molecule has 0 unspecified atom stereocenters. The highest BCUT2D eigenvalue weighted by Gasteiger charge is 2.08. The number of anilines is 2. The standard InChI is InChI=1S/C17H18N2O3/c1-22-17(21)13-6-4-7-14(11-13)19-16(20)10-9-12-5-2-3-8-15(12)18/h2-8,11H,9-10,18H2,1H3,(H,19,20). The zero-order valence-electron chi connectivity index (χ0n) is 12.3. The van der Waals surface area contributed by atoms with E-state index < -0.39 is 5.97 Å². The Morgan fingerprint density at radius 1 is 1.14 bits per heavy atom. The lowest BCUT2D eigenvalue weighted by Crippen LogP contribution is -2.13. The molecule has 5 heteroatoms. The second-order valence-corrected chi connectivity index (χ2v) is 4.82. The van der Waals surface area contributed by atoms with Gasteiger partial charge in [-0.3, -0.25) is 4.79 Å². The van der Waals surface area contributed by atoms with Crippen LogP contribution >= 0.6 is 0 Å². The largest absolute Gasteiger partial charge is 0.465 e. The van der Waals surface area contributed by atoms with Crippen molar-refractivity contribution in [1.82, 2.24) is 0 Å². The highest BCUT2D eigenvalue weighted by molar-refractivity contribution is 5.94. The summed E-state index contributed by atoms with van der Waals surface area (Å²) in [6, 6.07) is 14.1. The van der Waals surface area contributed by atoms with Crippen molar-refractivity contribution in [2.24, 2.45) is 0 Å². The summed E-state index contributed by atoms with van der Waals surface area (Å²) in [5, 5.41) is 2.76. The van der Waals surface area contributed by atoms with Gasteiger partial charge < -0.3 is 15.8 Å². The molecule has 0 aromatic heterocycles. The molecule has 0 saturated heterocycles. The summed E-state index contributed by atoms with van der Waals surface area (Å²) in [6.45, 7) is 0. The fourth-order valence-corrected chi connectivity index (χ4v) is 2.08. The van der Waals surface area contributed by atoms with Crippen molar-refractivity contribution >= 4 is 23.3 Å². The molecule has 0 spiro atoms. The zero-order valence-corrected chi connectivity index (χ0v) is 12.3. The van der Waals surface area contributed by atoms with E-state index in [4.69, 9.17) is 5.73 Å². The van der Waals surface area contributed by atoms with Crippen LogP contribution in [0.2, 0.25) is 0 Å². The van der Waals surface area contributed by atoms with E-state index in [1.807, 2.05) is 24.3 Å². The van der Waals surface area contributed by atoms with Gasteiger partial charge in [-0.2, -0.15) is 0 Å². The van der Waals surface area contributed by atoms with E-state index in [9.17, 15) is 9.59 Å². The number of esters is 1. The number of nitrogens with two attached hydrogens (primary N) is 1. The summed E-state index contributed by atoms with van der Waals surface area (Å²) in [5.41, 5.74) is 8.43. The molecule has 0 heterocycles. The molecule has 5 nitrogen and oxygen atoms in total. The quantitative estimate of drug-likeness (QED) is 0.656. The predicted molar refractivity (Wildman–Crippen MR) is 85.6 cm³/mol. The topological polar surface area (TPSA) is 81.4 Å². The summed E-state index contributed by atoms with van der Waals surface area (Å²) in [6.07, 6.45) is 0.881. The molecular weight excluding hydrogens is 280 g/mol. The highest BCUT2D eigenvalue weighted by atomic mass is 16.5. The van der Waals surface area contributed by atoms with Gasteiger partial charge >= 0.3 is 5.97 Å². The van der Waals surface area contributed by atoms with E-state index in [1.54, 1.807) is 24.3 Å². The Labute approximate surface area is 129 Å². The van der Waals surface area contributed by atoms with Crippen LogP contribution in [0.15, 0.2) is 48.5 Å². The normalized spacial score (nSPS) is 10.0. The molecule has 2 rings (SSSR count). The third kappa shape index (κ3) is 4.09. The number of amides is 1. The molecule has 22 heavy (non-hydrogen) atoms. The van der Waals surface area contributed by atoms with E-state index in [0.717, 1.165) is 5.56 Å². The maximum absolute atomic E-state index is 12.0. The van der Waals surface area contributed by atoms with E-state index in [1.165, 1.54) is 7.11 Å². The van der Waals surface area contributed by atoms with Gasteiger partial charge in [0.1, 0.15) is 0 Å². The number of aryl methyl sites for hydroxylation is 1. The Morgan fingerprint density at radius 2 is 1.91 bits per heavy atom. The van der Waals surface area contributed by atoms with Crippen LogP contribution in [0.1, 0.15) is 22.3 Å². The molecule has 0 radical (unpaired) electrons. The van der Waals surface area contributed by atoms with Crippen molar-refractivity contribution < 1.29 is 14.3 Å². The number of nitrogen functional groups attached to an aromatic ring is 1. The molecule has 3 N–H and O–H groups in total. The van der Waals surface area contributed by atoms with Crippen molar-refractivity contribution in [2.45, 2.75) is 12.8 Å². The molecule has 1 amide bonds. The van der Waals surface area contributed by atoms with Crippen molar-refractivity contribution in [3.8, 4) is 0 Å². The number of ether oxygens (including phenoxy) is 1. The average Bonchev–Trinajstić information content (AvgIpc) is 2.53. The van der Waals surface area contributed by atoms with E-state index in [-0.39, 0.29) is 5.91 Å². The predicted octanol–water partition coefficient (Wildman–Crippen LogP) is 2.63. The van der Waals surface area contributed by atoms with Gasteiger partial charge in [0, 0.05) is 17.8 Å². The number of para-hydroxylation sites is 1. The third-order valence-corrected chi connectivity index (χ3v) is 3.24. The number of hydrogen-bond donors (Lipinski definition) is 2. The first kappa shape index (κ1) is 15.6. The van der Waals surface area contributed by atoms with Gasteiger partial charge in [0.05, 0.1) is 12.7 Å². The van der Waals surface area contributed by atoms with E-state index in [0.29, 0.717) is 29.8 Å². The molecule has 0 saturated carbocycles. The number of carbonyl (C=O) groups excluding carboxylic acids is 2. The minimum absolute atomic E-state index is 0.134. The lowest BCUT2D eigenvalue weighted by molar-refractivity contribution is -0.116. The van der Waals surface area contributed by atoms with Crippen molar-refractivity contribution in [3.63, 3.8) is 0 Å². The second kappa shape index (κ2) is 7.26. The van der Waals surface area contributed by atoms with Crippen LogP contribution in [0.5, 0.6) is 0 Å². The molecular formula is C17H18N2O3. The number of methoxy groups -OCH3 is 1. The second-order valence-electron chi connectivity index (χ2n) is 4.82. The molecule has 0 fully saturated rings. The van der Waals surface area contributed by atoms with Crippen molar-refractivity contribution in [3.05, 3.63) is 59.7 Å². The zero-order chi connectivity index (χ0) is 15.9. The Hall–Kier alpha value is -2.82. The fraction of sp³-hybridized carbons (Fsp3) is 0.176. The first-order valence-electron chi connectivity index (χ1n) is 6.92. The number of nitrogens with one attached hydrogen (secondary N) is 1. The Bertz CT molecular complexity index is 683. The summed E-state index contributed by atoms with van der Waals surface area (Å²) < 4.78 is 4.65. The molecule has 0 aliphatic heterocycles. The van der Waals surface area contributed by atoms with E-state index in [2.05, 4.69) is 10.1 Å². The van der Waals surface area contributed by atoms with Gasteiger partial charge in [0.25, 0.3) is 0 Å². The Kier molecular flexibility index (Phi) is 5.14. The maximum Gasteiger partial charge on any atom is 0.337 e. The summed E-state index contributed by atoms with van der Waals surface area (Å²) in [4.78, 5) is 23.4. The third-order valence-electron chi connectivity index (χ3n) is 3.24. The minimum Gasteiger partial charge on any atom is -0.465 e. The molecule has 0 aliphatic carbocycles. The lowest BCUT2D eigenvalue weighted by atomic mass is 10.1. The van der Waals surface area contributed by atoms with Gasteiger partial charge in [-0.05, 0) is 36.2 Å². The highest BCUT2D eigenvalue weighted by Crippen LogP contribution is 2.15. The first-order chi connectivity index (χ1) is 10.6. The molecule has 2 aromatic carbocycles. The molecule has 0 aliphatic rings. The van der Waals surface area contributed by atoms with Gasteiger partial charge in [-0.25, -0.2) is 4.79 Å². The van der Waals surface area contributed by atoms with Crippen LogP contribution in [0, 0.1) is 0 Å². The summed E-state index contributed by atoms with van der Waals surface area (Å²) in [7, 11) is 1.32.